The van der Waals surface area contributed by atoms with Crippen LogP contribution in [0.2, 0.25) is 0 Å². The van der Waals surface area contributed by atoms with Crippen LogP contribution < -0.4 is 5.32 Å². The lowest BCUT2D eigenvalue weighted by atomic mass is 9.98. The van der Waals surface area contributed by atoms with Gasteiger partial charge in [-0.1, -0.05) is 19.8 Å². The molecule has 0 radical (unpaired) electrons. The van der Waals surface area contributed by atoms with Crippen molar-refractivity contribution in [3.8, 4) is 0 Å². The Balaban J connectivity index is 1.95. The number of aromatic amines is 1. The molecule has 2 unspecified atom stereocenters. The summed E-state index contributed by atoms with van der Waals surface area (Å²) < 4.78 is 0. The van der Waals surface area contributed by atoms with Gasteiger partial charge in [0.15, 0.2) is 11.4 Å². The Labute approximate surface area is 105 Å². The number of carboxylic acids is 1. The van der Waals surface area contributed by atoms with Crippen LogP contribution in [-0.2, 0) is 0 Å². The molecule has 0 saturated heterocycles. The van der Waals surface area contributed by atoms with Crippen LogP contribution in [0.5, 0.6) is 0 Å². The van der Waals surface area contributed by atoms with Crippen molar-refractivity contribution in [1.29, 1.82) is 0 Å². The van der Waals surface area contributed by atoms with Crippen molar-refractivity contribution in [2.75, 3.05) is 6.54 Å². The molecule has 18 heavy (non-hydrogen) atoms. The van der Waals surface area contributed by atoms with Crippen molar-refractivity contribution in [3.63, 3.8) is 0 Å². The Kier molecular flexibility index (Phi) is 3.64. The Morgan fingerprint density at radius 1 is 1.56 bits per heavy atom. The second-order valence-corrected chi connectivity index (χ2v) is 4.81. The Morgan fingerprint density at radius 3 is 2.94 bits per heavy atom. The van der Waals surface area contributed by atoms with Crippen molar-refractivity contribution < 1.29 is 14.7 Å². The van der Waals surface area contributed by atoms with E-state index in [-0.39, 0.29) is 11.4 Å². The second-order valence-electron chi connectivity index (χ2n) is 4.81. The van der Waals surface area contributed by atoms with Gasteiger partial charge in [-0.3, -0.25) is 4.79 Å². The van der Waals surface area contributed by atoms with E-state index in [0.717, 1.165) is 6.42 Å². The largest absolute Gasteiger partial charge is 0.477 e. The average Bonchev–Trinajstić information content (AvgIpc) is 2.94. The van der Waals surface area contributed by atoms with Gasteiger partial charge in [0.25, 0.3) is 5.91 Å². The number of aromatic carboxylic acids is 1. The van der Waals surface area contributed by atoms with Crippen molar-refractivity contribution in [3.05, 3.63) is 17.7 Å². The van der Waals surface area contributed by atoms with E-state index < -0.39 is 11.9 Å². The zero-order chi connectivity index (χ0) is 13.1. The van der Waals surface area contributed by atoms with Crippen molar-refractivity contribution in [2.24, 2.45) is 11.8 Å². The molecule has 3 N–H and O–H groups in total. The van der Waals surface area contributed by atoms with E-state index in [4.69, 9.17) is 5.11 Å². The fourth-order valence-corrected chi connectivity index (χ4v) is 2.46. The summed E-state index contributed by atoms with van der Waals surface area (Å²) in [5.74, 6) is -0.496. The molecule has 6 nitrogen and oxygen atoms in total. The molecule has 2 rings (SSSR count). The first-order valence-corrected chi connectivity index (χ1v) is 6.14. The fourth-order valence-electron chi connectivity index (χ4n) is 2.46. The monoisotopic (exact) mass is 251 g/mol. The molecule has 0 aliphatic heterocycles. The molecular weight excluding hydrogens is 234 g/mol. The minimum atomic E-state index is -1.17. The molecule has 1 amide bonds. The topological polar surface area (TPSA) is 95.1 Å². The first-order chi connectivity index (χ1) is 8.59. The van der Waals surface area contributed by atoms with Gasteiger partial charge in [0.05, 0.1) is 6.33 Å². The standard InChI is InChI=1S/C12H17N3O3/c1-7-3-2-4-8(7)5-13-11(16)9-10(12(17)18)15-6-14-9/h6-8H,2-5H2,1H3,(H,13,16)(H,14,15)(H,17,18). The SMILES string of the molecule is CC1CCCC1CNC(=O)c1nc[nH]c1C(=O)O. The van der Waals surface area contributed by atoms with E-state index in [9.17, 15) is 9.59 Å². The number of nitrogens with zero attached hydrogens (tertiary/aromatic N) is 1. The number of amides is 1. The van der Waals surface area contributed by atoms with Crippen LogP contribution in [0.25, 0.3) is 0 Å². The number of rotatable bonds is 4. The number of imidazole rings is 1. The van der Waals surface area contributed by atoms with Gasteiger partial charge in [0.2, 0.25) is 0 Å². The molecule has 1 heterocycles. The van der Waals surface area contributed by atoms with Crippen LogP contribution >= 0.6 is 0 Å². The summed E-state index contributed by atoms with van der Waals surface area (Å²) in [6.07, 6.45) is 4.73. The summed E-state index contributed by atoms with van der Waals surface area (Å²) in [6.45, 7) is 2.77. The normalized spacial score (nSPS) is 22.9. The highest BCUT2D eigenvalue weighted by atomic mass is 16.4. The van der Waals surface area contributed by atoms with E-state index in [1.165, 1.54) is 19.2 Å². The van der Waals surface area contributed by atoms with Crippen LogP contribution in [0.1, 0.15) is 47.2 Å². The summed E-state index contributed by atoms with van der Waals surface area (Å²) in [6, 6.07) is 0. The van der Waals surface area contributed by atoms with Crippen molar-refractivity contribution in [2.45, 2.75) is 26.2 Å². The molecule has 1 aromatic heterocycles. The molecule has 0 bridgehead atoms. The van der Waals surface area contributed by atoms with Gasteiger partial charge in [0.1, 0.15) is 0 Å². The van der Waals surface area contributed by atoms with E-state index in [1.54, 1.807) is 0 Å². The van der Waals surface area contributed by atoms with Gasteiger partial charge in [0, 0.05) is 6.54 Å². The van der Waals surface area contributed by atoms with Crippen LogP contribution in [0.15, 0.2) is 6.33 Å². The van der Waals surface area contributed by atoms with Gasteiger partial charge in [-0.25, -0.2) is 9.78 Å². The molecular formula is C12H17N3O3. The highest BCUT2D eigenvalue weighted by molar-refractivity contribution is 6.02. The molecule has 0 aromatic carbocycles. The summed E-state index contributed by atoms with van der Waals surface area (Å²) in [5.41, 5.74) is -0.208. The quantitative estimate of drug-likeness (QED) is 0.751. The molecule has 2 atom stereocenters. The minimum absolute atomic E-state index is 0.0480. The minimum Gasteiger partial charge on any atom is -0.477 e. The van der Waals surface area contributed by atoms with Gasteiger partial charge in [-0.05, 0) is 18.3 Å². The van der Waals surface area contributed by atoms with Gasteiger partial charge >= 0.3 is 5.97 Å². The molecule has 6 heteroatoms. The lowest BCUT2D eigenvalue weighted by molar-refractivity contribution is 0.0684. The number of nitrogens with one attached hydrogen (secondary N) is 2. The van der Waals surface area contributed by atoms with Crippen LogP contribution in [-0.4, -0.2) is 33.5 Å². The highest BCUT2D eigenvalue weighted by Gasteiger charge is 2.25. The van der Waals surface area contributed by atoms with Crippen LogP contribution in [0.3, 0.4) is 0 Å². The molecule has 1 aliphatic carbocycles. The summed E-state index contributed by atoms with van der Waals surface area (Å²) in [4.78, 5) is 28.9. The third-order valence-corrected chi connectivity index (χ3v) is 3.63. The lowest BCUT2D eigenvalue weighted by Crippen LogP contribution is -2.31. The maximum Gasteiger partial charge on any atom is 0.354 e. The fraction of sp³-hybridized carbons (Fsp3) is 0.583. The molecule has 1 aliphatic rings. The van der Waals surface area contributed by atoms with Crippen molar-refractivity contribution >= 4 is 11.9 Å². The average molecular weight is 251 g/mol. The first-order valence-electron chi connectivity index (χ1n) is 6.14. The maximum absolute atomic E-state index is 11.8. The zero-order valence-electron chi connectivity index (χ0n) is 10.3. The number of carboxylic acid groups (broad SMARTS) is 1. The van der Waals surface area contributed by atoms with Gasteiger partial charge in [-0.2, -0.15) is 0 Å². The van der Waals surface area contributed by atoms with Crippen LogP contribution in [0, 0.1) is 11.8 Å². The Hall–Kier alpha value is -1.85. The molecule has 1 saturated carbocycles. The van der Waals surface area contributed by atoms with E-state index in [1.807, 2.05) is 0 Å². The third-order valence-electron chi connectivity index (χ3n) is 3.63. The number of carbonyl (C=O) groups is 2. The number of hydrogen-bond donors (Lipinski definition) is 3. The number of H-pyrrole nitrogens is 1. The van der Waals surface area contributed by atoms with Crippen molar-refractivity contribution in [1.82, 2.24) is 15.3 Å². The summed E-state index contributed by atoms with van der Waals surface area (Å²) >= 11 is 0. The molecule has 98 valence electrons. The van der Waals surface area contributed by atoms with E-state index >= 15 is 0 Å². The zero-order valence-corrected chi connectivity index (χ0v) is 10.3. The number of aromatic nitrogens is 2. The smallest absolute Gasteiger partial charge is 0.354 e. The first kappa shape index (κ1) is 12.6. The lowest BCUT2D eigenvalue weighted by Gasteiger charge is -2.15. The maximum atomic E-state index is 11.8. The van der Waals surface area contributed by atoms with Crippen LogP contribution in [0.4, 0.5) is 0 Å². The number of hydrogen-bond acceptors (Lipinski definition) is 3. The predicted octanol–water partition coefficient (Wildman–Crippen LogP) is 1.27. The second kappa shape index (κ2) is 5.20. The summed E-state index contributed by atoms with van der Waals surface area (Å²) in [7, 11) is 0. The Bertz CT molecular complexity index is 455. The molecule has 0 spiro atoms. The third kappa shape index (κ3) is 2.52. The Morgan fingerprint density at radius 2 is 2.33 bits per heavy atom. The van der Waals surface area contributed by atoms with Gasteiger partial charge in [-0.15, -0.1) is 0 Å². The van der Waals surface area contributed by atoms with E-state index in [2.05, 4.69) is 22.2 Å². The van der Waals surface area contributed by atoms with E-state index in [0.29, 0.717) is 18.4 Å². The highest BCUT2D eigenvalue weighted by Crippen LogP contribution is 2.30. The van der Waals surface area contributed by atoms with Gasteiger partial charge < -0.3 is 15.4 Å². The molecule has 1 aromatic rings. The number of carbonyl (C=O) groups excluding carboxylic acids is 1. The molecule has 1 fully saturated rings. The predicted molar refractivity (Wildman–Crippen MR) is 64.4 cm³/mol. The summed E-state index contributed by atoms with van der Waals surface area (Å²) in [5, 5.41) is 11.6.